The van der Waals surface area contributed by atoms with E-state index in [0.717, 1.165) is 31.2 Å². The molecule has 0 bridgehead atoms. The number of hydrogen-bond acceptors (Lipinski definition) is 5. The molecule has 2 N–H and O–H groups in total. The molecule has 4 rings (SSSR count). The van der Waals surface area contributed by atoms with Crippen molar-refractivity contribution in [1.29, 1.82) is 0 Å². The van der Waals surface area contributed by atoms with Gasteiger partial charge in [-0.05, 0) is 62.5 Å². The van der Waals surface area contributed by atoms with Gasteiger partial charge in [0.05, 0.1) is 0 Å². The van der Waals surface area contributed by atoms with Crippen molar-refractivity contribution >= 4 is 41.2 Å². The van der Waals surface area contributed by atoms with Crippen LogP contribution in [-0.4, -0.2) is 63.3 Å². The van der Waals surface area contributed by atoms with Gasteiger partial charge in [-0.3, -0.25) is 9.59 Å². The van der Waals surface area contributed by atoms with E-state index in [-0.39, 0.29) is 42.1 Å². The Bertz CT molecular complexity index is 1040. The predicted octanol–water partition coefficient (Wildman–Crippen LogP) is 2.68. The van der Waals surface area contributed by atoms with Crippen LogP contribution in [0.4, 0.5) is 4.79 Å². The second-order valence-electron chi connectivity index (χ2n) is 9.70. The molecule has 1 aromatic rings. The highest BCUT2D eigenvalue weighted by molar-refractivity contribution is 8.04. The molecule has 1 saturated carbocycles. The van der Waals surface area contributed by atoms with Crippen LogP contribution in [0, 0.1) is 11.8 Å². The average Bonchev–Trinajstić information content (AvgIpc) is 3.34. The van der Waals surface area contributed by atoms with Crippen LogP contribution >= 0.6 is 11.8 Å². The number of imide groups is 1. The molecule has 186 valence electrons. The van der Waals surface area contributed by atoms with Crippen molar-refractivity contribution in [1.82, 2.24) is 15.5 Å². The Kier molecular flexibility index (Phi) is 8.05. The third-order valence-electron chi connectivity index (χ3n) is 6.71. The summed E-state index contributed by atoms with van der Waals surface area (Å²) in [5.41, 5.74) is 1.55. The molecule has 3 aliphatic rings. The fourth-order valence-corrected chi connectivity index (χ4v) is 5.81. The Morgan fingerprint density at radius 3 is 2.51 bits per heavy atom. The lowest BCUT2D eigenvalue weighted by molar-refractivity contribution is -0.427. The van der Waals surface area contributed by atoms with E-state index >= 15 is 0 Å². The third kappa shape index (κ3) is 6.01. The first kappa shape index (κ1) is 25.2. The minimum Gasteiger partial charge on any atom is -0.354 e. The summed E-state index contributed by atoms with van der Waals surface area (Å²) in [7, 11) is 0. The smallest absolute Gasteiger partial charge is 0.354 e. The maximum Gasteiger partial charge on any atom is 0.501 e. The molecular weight excluding hydrogens is 464 g/mol. The zero-order valence-electron chi connectivity index (χ0n) is 20.2. The molecule has 0 aromatic heterocycles. The molecule has 35 heavy (non-hydrogen) atoms. The number of rotatable bonds is 8. The van der Waals surface area contributed by atoms with Gasteiger partial charge in [-0.15, -0.1) is 11.8 Å². The molecule has 5 amide bonds. The fraction of sp³-hybridized carbons (Fsp3) is 0.500. The van der Waals surface area contributed by atoms with Crippen molar-refractivity contribution in [2.45, 2.75) is 57.4 Å². The molecule has 2 heterocycles. The highest BCUT2D eigenvalue weighted by Crippen LogP contribution is 2.32. The number of carbonyl (C=O) groups excluding carboxylic acids is 4. The minimum absolute atomic E-state index is 0.0132. The predicted molar refractivity (Wildman–Crippen MR) is 135 cm³/mol. The summed E-state index contributed by atoms with van der Waals surface area (Å²) in [6.45, 7) is 4.47. The standard InChI is InChI=1S/C26H32N4O4S/c1-17(2)28-24(32)20-10-8-19(9-11-20)15-30-25(33)23-21(12-13-35-23)29(26(30)34)16-22(31)27-14-18-6-4-3-5-7-18/h3-7,12-13,17,19-20,23H,8-11,14-16H2,1-2H3,(H-,27,28,31,32)/p+1. The number of urea groups is 1. The van der Waals surface area contributed by atoms with Crippen LogP contribution in [0.15, 0.2) is 41.8 Å². The Hall–Kier alpha value is -2.94. The second-order valence-corrected chi connectivity index (χ2v) is 10.7. The van der Waals surface area contributed by atoms with E-state index < -0.39 is 11.3 Å². The molecule has 9 heteroatoms. The van der Waals surface area contributed by atoms with E-state index in [2.05, 4.69) is 10.6 Å². The van der Waals surface area contributed by atoms with E-state index in [0.29, 0.717) is 18.8 Å². The van der Waals surface area contributed by atoms with Crippen molar-refractivity contribution < 1.29 is 23.8 Å². The first-order valence-corrected chi connectivity index (χ1v) is 13.2. The minimum atomic E-state index is -0.497. The summed E-state index contributed by atoms with van der Waals surface area (Å²) in [5.74, 6) is -0.268. The van der Waals surface area contributed by atoms with Crippen molar-refractivity contribution in [3.05, 3.63) is 47.4 Å². The summed E-state index contributed by atoms with van der Waals surface area (Å²) in [6, 6.07) is 9.25. The first-order chi connectivity index (χ1) is 16.8. The molecule has 1 fully saturated rings. The number of thioether (sulfide) groups is 1. The van der Waals surface area contributed by atoms with Gasteiger partial charge in [-0.2, -0.15) is 14.3 Å². The number of nitrogens with one attached hydrogen (secondary N) is 2. The summed E-state index contributed by atoms with van der Waals surface area (Å²) >= 11 is 1.37. The van der Waals surface area contributed by atoms with Crippen LogP contribution in [0.3, 0.4) is 0 Å². The van der Waals surface area contributed by atoms with Gasteiger partial charge in [-0.1, -0.05) is 30.3 Å². The zero-order valence-corrected chi connectivity index (χ0v) is 21.1. The van der Waals surface area contributed by atoms with Crippen molar-refractivity contribution in [2.75, 3.05) is 13.1 Å². The van der Waals surface area contributed by atoms with Crippen molar-refractivity contribution in [2.24, 2.45) is 11.8 Å². The molecule has 0 spiro atoms. The molecule has 1 atom stereocenters. The second kappa shape index (κ2) is 11.2. The molecule has 0 radical (unpaired) electrons. The summed E-state index contributed by atoms with van der Waals surface area (Å²) in [5, 5.41) is 7.15. The number of allylic oxidation sites excluding steroid dienone is 1. The number of amides is 5. The topological polar surface area (TPSA) is 98.6 Å². The number of nitrogens with zero attached hydrogens (tertiary/aromatic N) is 2. The van der Waals surface area contributed by atoms with Gasteiger partial charge in [0.15, 0.2) is 11.8 Å². The zero-order chi connectivity index (χ0) is 24.9. The van der Waals surface area contributed by atoms with E-state index in [1.807, 2.05) is 49.6 Å². The van der Waals surface area contributed by atoms with Gasteiger partial charge in [-0.25, -0.2) is 4.79 Å². The van der Waals surface area contributed by atoms with E-state index in [4.69, 9.17) is 0 Å². The Balaban J connectivity index is 1.38. The van der Waals surface area contributed by atoms with Crippen LogP contribution < -0.4 is 10.6 Å². The lowest BCUT2D eigenvalue weighted by atomic mass is 9.81. The average molecular weight is 498 g/mol. The summed E-state index contributed by atoms with van der Waals surface area (Å²) < 4.78 is 1.44. The molecule has 2 aliphatic heterocycles. The molecular formula is C26H33N4O4S+. The fourth-order valence-electron chi connectivity index (χ4n) is 4.84. The summed E-state index contributed by atoms with van der Waals surface area (Å²) in [4.78, 5) is 52.9. The molecule has 1 aliphatic carbocycles. The third-order valence-corrected chi connectivity index (χ3v) is 7.72. The van der Waals surface area contributed by atoms with Crippen molar-refractivity contribution in [3.8, 4) is 0 Å². The SMILES string of the molecule is CC(C)NC(=O)C1CCC(CN2C(=O)C3SC=CC3=[N+](CC(=O)NCc3ccccc3)C2=O)CC1. The van der Waals surface area contributed by atoms with Gasteiger partial charge in [0.2, 0.25) is 5.91 Å². The number of benzene rings is 1. The number of hydrogen-bond donors (Lipinski definition) is 2. The largest absolute Gasteiger partial charge is 0.501 e. The van der Waals surface area contributed by atoms with Crippen LogP contribution in [0.1, 0.15) is 45.1 Å². The van der Waals surface area contributed by atoms with Crippen LogP contribution in [0.25, 0.3) is 0 Å². The normalized spacial score (nSPS) is 24.1. The lowest BCUT2D eigenvalue weighted by Gasteiger charge is -2.31. The Labute approximate surface area is 210 Å². The quantitative estimate of drug-likeness (QED) is 0.538. The maximum absolute atomic E-state index is 13.4. The first-order valence-electron chi connectivity index (χ1n) is 12.3. The molecule has 1 aromatic carbocycles. The Morgan fingerprint density at radius 2 is 1.83 bits per heavy atom. The maximum atomic E-state index is 13.4. The van der Waals surface area contributed by atoms with Crippen LogP contribution in [0.5, 0.6) is 0 Å². The molecule has 8 nitrogen and oxygen atoms in total. The van der Waals surface area contributed by atoms with Crippen LogP contribution in [0.2, 0.25) is 0 Å². The lowest BCUT2D eigenvalue weighted by Crippen LogP contribution is -2.57. The van der Waals surface area contributed by atoms with Gasteiger partial charge >= 0.3 is 11.9 Å². The molecule has 0 saturated heterocycles. The molecule has 1 unspecified atom stereocenters. The van der Waals surface area contributed by atoms with Gasteiger partial charge < -0.3 is 10.6 Å². The van der Waals surface area contributed by atoms with Gasteiger partial charge in [0, 0.05) is 18.5 Å². The highest BCUT2D eigenvalue weighted by atomic mass is 32.2. The monoisotopic (exact) mass is 497 g/mol. The number of carbonyl (C=O) groups is 4. The number of fused-ring (bicyclic) bond motifs is 1. The summed E-state index contributed by atoms with van der Waals surface area (Å²) in [6.07, 6.45) is 4.84. The van der Waals surface area contributed by atoms with Gasteiger partial charge in [0.1, 0.15) is 12.3 Å². The van der Waals surface area contributed by atoms with Crippen LogP contribution in [-0.2, 0) is 20.9 Å². The highest BCUT2D eigenvalue weighted by Gasteiger charge is 2.50. The van der Waals surface area contributed by atoms with E-state index in [1.165, 1.54) is 21.2 Å². The van der Waals surface area contributed by atoms with Crippen molar-refractivity contribution in [3.63, 3.8) is 0 Å². The van der Waals surface area contributed by atoms with E-state index in [9.17, 15) is 19.2 Å². The Morgan fingerprint density at radius 1 is 1.11 bits per heavy atom. The van der Waals surface area contributed by atoms with E-state index in [1.54, 1.807) is 6.08 Å². The van der Waals surface area contributed by atoms with Gasteiger partial charge in [0.25, 0.3) is 5.91 Å².